The van der Waals surface area contributed by atoms with Gasteiger partial charge in [-0.15, -0.1) is 11.3 Å². The molecule has 1 amide bonds. The molecule has 0 aliphatic heterocycles. The van der Waals surface area contributed by atoms with E-state index >= 15 is 0 Å². The zero-order chi connectivity index (χ0) is 16.6. The van der Waals surface area contributed by atoms with E-state index in [1.54, 1.807) is 5.38 Å². The molecule has 0 aliphatic rings. The number of aryl methyl sites for hydroxylation is 3. The molecule has 0 saturated carbocycles. The molecule has 2 heterocycles. The molecule has 0 radical (unpaired) electrons. The SMILES string of the molecule is Cc1ccc(NC(=O)c2csc(-c3ccc(C)n3C)n2)c(C)c1. The lowest BCUT2D eigenvalue weighted by atomic mass is 10.1. The van der Waals surface area contributed by atoms with Gasteiger partial charge in [-0.1, -0.05) is 17.7 Å². The molecule has 23 heavy (non-hydrogen) atoms. The van der Waals surface area contributed by atoms with Crippen LogP contribution in [0.1, 0.15) is 27.3 Å². The summed E-state index contributed by atoms with van der Waals surface area (Å²) < 4.78 is 2.07. The van der Waals surface area contributed by atoms with Crippen LogP contribution in [-0.4, -0.2) is 15.5 Å². The monoisotopic (exact) mass is 325 g/mol. The molecule has 0 unspecified atom stereocenters. The average molecular weight is 325 g/mol. The Bertz CT molecular complexity index is 876. The molecule has 5 heteroatoms. The molecular weight excluding hydrogens is 306 g/mol. The third-order valence-electron chi connectivity index (χ3n) is 3.96. The van der Waals surface area contributed by atoms with Gasteiger partial charge in [0, 0.05) is 23.8 Å². The Labute approximate surface area is 139 Å². The molecule has 0 bridgehead atoms. The molecule has 0 spiro atoms. The van der Waals surface area contributed by atoms with Gasteiger partial charge in [-0.2, -0.15) is 0 Å². The molecule has 2 aromatic heterocycles. The van der Waals surface area contributed by atoms with E-state index in [1.807, 2.05) is 52.1 Å². The second-order valence-corrected chi connectivity index (χ2v) is 6.59. The zero-order valence-electron chi connectivity index (χ0n) is 13.7. The zero-order valence-corrected chi connectivity index (χ0v) is 14.5. The van der Waals surface area contributed by atoms with Gasteiger partial charge in [0.15, 0.2) is 0 Å². The fourth-order valence-corrected chi connectivity index (χ4v) is 3.32. The van der Waals surface area contributed by atoms with Gasteiger partial charge in [-0.3, -0.25) is 4.79 Å². The van der Waals surface area contributed by atoms with E-state index in [4.69, 9.17) is 0 Å². The summed E-state index contributed by atoms with van der Waals surface area (Å²) in [5.74, 6) is -0.176. The van der Waals surface area contributed by atoms with E-state index in [9.17, 15) is 4.79 Å². The van der Waals surface area contributed by atoms with Crippen LogP contribution in [0.25, 0.3) is 10.7 Å². The number of hydrogen-bond acceptors (Lipinski definition) is 3. The molecule has 118 valence electrons. The van der Waals surface area contributed by atoms with E-state index in [2.05, 4.69) is 20.9 Å². The number of thiazole rings is 1. The van der Waals surface area contributed by atoms with Crippen molar-refractivity contribution in [1.29, 1.82) is 0 Å². The predicted octanol–water partition coefficient (Wildman–Crippen LogP) is 4.33. The van der Waals surface area contributed by atoms with Gasteiger partial charge in [-0.05, 0) is 44.5 Å². The lowest BCUT2D eigenvalue weighted by Gasteiger charge is -2.07. The maximum absolute atomic E-state index is 12.4. The van der Waals surface area contributed by atoms with E-state index < -0.39 is 0 Å². The van der Waals surface area contributed by atoms with Crippen LogP contribution in [0.5, 0.6) is 0 Å². The molecular formula is C18H19N3OS. The number of nitrogens with one attached hydrogen (secondary N) is 1. The molecule has 1 N–H and O–H groups in total. The van der Waals surface area contributed by atoms with Crippen molar-refractivity contribution < 1.29 is 4.79 Å². The fraction of sp³-hybridized carbons (Fsp3) is 0.222. The number of anilines is 1. The average Bonchev–Trinajstić information content (AvgIpc) is 3.10. The normalized spacial score (nSPS) is 10.8. The highest BCUT2D eigenvalue weighted by atomic mass is 32.1. The summed E-state index contributed by atoms with van der Waals surface area (Å²) >= 11 is 1.48. The van der Waals surface area contributed by atoms with Gasteiger partial charge >= 0.3 is 0 Å². The number of hydrogen-bond donors (Lipinski definition) is 1. The standard InChI is InChI=1S/C18H19N3OS/c1-11-5-7-14(12(2)9-11)19-17(22)15-10-23-18(20-15)16-8-6-13(3)21(16)4/h5-10H,1-4H3,(H,19,22). The Balaban J connectivity index is 1.82. The molecule has 0 fully saturated rings. The lowest BCUT2D eigenvalue weighted by Crippen LogP contribution is -2.13. The highest BCUT2D eigenvalue weighted by Gasteiger charge is 2.14. The number of amides is 1. The highest BCUT2D eigenvalue weighted by molar-refractivity contribution is 7.13. The van der Waals surface area contributed by atoms with Crippen LogP contribution in [0.2, 0.25) is 0 Å². The molecule has 0 aliphatic carbocycles. The molecule has 3 aromatic rings. The van der Waals surface area contributed by atoms with E-state index in [-0.39, 0.29) is 5.91 Å². The Kier molecular flexibility index (Phi) is 4.05. The topological polar surface area (TPSA) is 46.9 Å². The van der Waals surface area contributed by atoms with Gasteiger partial charge in [0.1, 0.15) is 10.7 Å². The number of benzene rings is 1. The minimum Gasteiger partial charge on any atom is -0.346 e. The summed E-state index contributed by atoms with van der Waals surface area (Å²) in [7, 11) is 2.00. The van der Waals surface area contributed by atoms with Gasteiger partial charge < -0.3 is 9.88 Å². The highest BCUT2D eigenvalue weighted by Crippen LogP contribution is 2.26. The van der Waals surface area contributed by atoms with Crippen LogP contribution in [0, 0.1) is 20.8 Å². The molecule has 4 nitrogen and oxygen atoms in total. The first-order valence-electron chi connectivity index (χ1n) is 7.42. The number of carbonyl (C=O) groups excluding carboxylic acids is 1. The molecule has 1 aromatic carbocycles. The molecule has 0 atom stereocenters. The van der Waals surface area contributed by atoms with Crippen molar-refractivity contribution in [2.45, 2.75) is 20.8 Å². The van der Waals surface area contributed by atoms with Crippen LogP contribution >= 0.6 is 11.3 Å². The summed E-state index contributed by atoms with van der Waals surface area (Å²) in [4.78, 5) is 16.9. The fourth-order valence-electron chi connectivity index (χ4n) is 2.46. The largest absolute Gasteiger partial charge is 0.346 e. The molecule has 3 rings (SSSR count). The number of carbonyl (C=O) groups is 1. The molecule has 0 saturated heterocycles. The van der Waals surface area contributed by atoms with Crippen LogP contribution in [0.3, 0.4) is 0 Å². The first-order chi connectivity index (χ1) is 11.0. The summed E-state index contributed by atoms with van der Waals surface area (Å²) in [5.41, 5.74) is 5.69. The Morgan fingerprint density at radius 1 is 1.17 bits per heavy atom. The smallest absolute Gasteiger partial charge is 0.275 e. The van der Waals surface area contributed by atoms with Crippen LogP contribution in [0.15, 0.2) is 35.7 Å². The van der Waals surface area contributed by atoms with Gasteiger partial charge in [-0.25, -0.2) is 4.98 Å². The van der Waals surface area contributed by atoms with Crippen molar-refractivity contribution >= 4 is 22.9 Å². The second kappa shape index (κ2) is 6.01. The maximum atomic E-state index is 12.4. The van der Waals surface area contributed by atoms with E-state index in [0.29, 0.717) is 5.69 Å². The number of nitrogens with zero attached hydrogens (tertiary/aromatic N) is 2. The first kappa shape index (κ1) is 15.5. The van der Waals surface area contributed by atoms with Crippen molar-refractivity contribution in [3.8, 4) is 10.7 Å². The van der Waals surface area contributed by atoms with E-state index in [0.717, 1.165) is 27.6 Å². The summed E-state index contributed by atoms with van der Waals surface area (Å²) in [6.45, 7) is 6.07. The quantitative estimate of drug-likeness (QED) is 0.779. The summed E-state index contributed by atoms with van der Waals surface area (Å²) in [5, 5.41) is 5.59. The van der Waals surface area contributed by atoms with E-state index in [1.165, 1.54) is 16.9 Å². The Morgan fingerprint density at radius 2 is 1.96 bits per heavy atom. The van der Waals surface area contributed by atoms with Crippen molar-refractivity contribution in [2.24, 2.45) is 7.05 Å². The maximum Gasteiger partial charge on any atom is 0.275 e. The van der Waals surface area contributed by atoms with Gasteiger partial charge in [0.25, 0.3) is 5.91 Å². The van der Waals surface area contributed by atoms with Crippen molar-refractivity contribution in [2.75, 3.05) is 5.32 Å². The predicted molar refractivity (Wildman–Crippen MR) is 95.1 cm³/mol. The lowest BCUT2D eigenvalue weighted by molar-refractivity contribution is 0.102. The Hall–Kier alpha value is -2.40. The van der Waals surface area contributed by atoms with Gasteiger partial charge in [0.05, 0.1) is 5.69 Å². The summed E-state index contributed by atoms with van der Waals surface area (Å²) in [6, 6.07) is 10.0. The number of aromatic nitrogens is 2. The number of rotatable bonds is 3. The third-order valence-corrected chi connectivity index (χ3v) is 4.82. The summed E-state index contributed by atoms with van der Waals surface area (Å²) in [6.07, 6.45) is 0. The van der Waals surface area contributed by atoms with Crippen LogP contribution in [0.4, 0.5) is 5.69 Å². The van der Waals surface area contributed by atoms with Gasteiger partial charge in [0.2, 0.25) is 0 Å². The Morgan fingerprint density at radius 3 is 2.61 bits per heavy atom. The minimum atomic E-state index is -0.176. The van der Waals surface area contributed by atoms with Crippen molar-refractivity contribution in [1.82, 2.24) is 9.55 Å². The minimum absolute atomic E-state index is 0.176. The van der Waals surface area contributed by atoms with Crippen LogP contribution in [-0.2, 0) is 7.05 Å². The van der Waals surface area contributed by atoms with Crippen LogP contribution < -0.4 is 5.32 Å². The first-order valence-corrected chi connectivity index (χ1v) is 8.30. The van der Waals surface area contributed by atoms with Crippen molar-refractivity contribution in [3.63, 3.8) is 0 Å². The van der Waals surface area contributed by atoms with Crippen molar-refractivity contribution in [3.05, 3.63) is 58.2 Å². The second-order valence-electron chi connectivity index (χ2n) is 5.73. The third kappa shape index (κ3) is 3.05.